The van der Waals surface area contributed by atoms with Gasteiger partial charge in [0.05, 0.1) is 16.8 Å². The van der Waals surface area contributed by atoms with Crippen molar-refractivity contribution in [1.29, 1.82) is 0 Å². The van der Waals surface area contributed by atoms with Gasteiger partial charge < -0.3 is 4.90 Å². The Morgan fingerprint density at radius 3 is 2.65 bits per heavy atom. The number of alkyl halides is 3. The lowest BCUT2D eigenvalue weighted by Crippen LogP contribution is -2.19. The van der Waals surface area contributed by atoms with Crippen molar-refractivity contribution < 1.29 is 13.2 Å². The highest BCUT2D eigenvalue weighted by molar-refractivity contribution is 6.29. The van der Waals surface area contributed by atoms with Gasteiger partial charge in [0, 0.05) is 23.1 Å². The minimum absolute atomic E-state index is 0.275. The average molecular weight is 374 g/mol. The van der Waals surface area contributed by atoms with Gasteiger partial charge in [-0.2, -0.15) is 13.2 Å². The van der Waals surface area contributed by atoms with Crippen LogP contribution >= 0.6 is 11.6 Å². The van der Waals surface area contributed by atoms with Crippen LogP contribution in [0, 0.1) is 0 Å². The summed E-state index contributed by atoms with van der Waals surface area (Å²) in [6.07, 6.45) is 0.738. The molecule has 2 aromatic heterocycles. The number of nitrogens with zero attached hydrogens (tertiary/aromatic N) is 3. The molecule has 0 amide bonds. The van der Waals surface area contributed by atoms with E-state index in [9.17, 15) is 13.2 Å². The molecule has 7 heteroatoms. The van der Waals surface area contributed by atoms with Crippen molar-refractivity contribution in [3.05, 3.63) is 77.2 Å². The molecule has 0 spiro atoms. The lowest BCUT2D eigenvalue weighted by atomic mass is 10.0. The summed E-state index contributed by atoms with van der Waals surface area (Å²) in [6, 6.07) is 8.42. The highest BCUT2D eigenvalue weighted by Gasteiger charge is 2.32. The molecular weight excluding hydrogens is 363 g/mol. The third-order valence-corrected chi connectivity index (χ3v) is 4.29. The van der Waals surface area contributed by atoms with Gasteiger partial charge in [-0.15, -0.1) is 0 Å². The summed E-state index contributed by atoms with van der Waals surface area (Å²) in [5.74, 6) is 0. The van der Waals surface area contributed by atoms with Crippen molar-refractivity contribution in [3.8, 4) is 0 Å². The summed E-state index contributed by atoms with van der Waals surface area (Å²) in [5, 5.41) is 0.275. The standard InChI is InChI=1S/C19H11ClF3N3/c1-11-5-6-12-10-24-15-7-8-16(20)25-17(15)18(12)26(11)14-4-2-3-13(9-14)19(21,22)23/h2-10H,1H2. The number of halogens is 4. The fourth-order valence-corrected chi connectivity index (χ4v) is 3.07. The fraction of sp³-hybridized carbons (Fsp3) is 0.0526. The number of hydrogen-bond donors (Lipinski definition) is 0. The Kier molecular flexibility index (Phi) is 3.73. The van der Waals surface area contributed by atoms with Crippen LogP contribution in [-0.4, -0.2) is 9.97 Å². The predicted molar refractivity (Wildman–Crippen MR) is 96.3 cm³/mol. The average Bonchev–Trinajstić information content (AvgIpc) is 2.61. The molecule has 1 aromatic carbocycles. The molecule has 26 heavy (non-hydrogen) atoms. The SMILES string of the molecule is C=C1C=Cc2cnc3ccc(Cl)nc3c2N1c1cccc(C(F)(F)F)c1. The van der Waals surface area contributed by atoms with E-state index in [1.165, 1.54) is 6.07 Å². The molecule has 0 saturated heterocycles. The second kappa shape index (κ2) is 5.85. The Hall–Kier alpha value is -2.86. The first kappa shape index (κ1) is 16.6. The zero-order chi connectivity index (χ0) is 18.5. The Labute approximate surface area is 152 Å². The molecule has 3 aromatic rings. The second-order valence-corrected chi connectivity index (χ2v) is 6.16. The van der Waals surface area contributed by atoms with Crippen LogP contribution in [0.25, 0.3) is 17.1 Å². The maximum Gasteiger partial charge on any atom is 0.416 e. The Balaban J connectivity index is 1.99. The van der Waals surface area contributed by atoms with Crippen LogP contribution in [0.1, 0.15) is 11.1 Å². The van der Waals surface area contributed by atoms with Gasteiger partial charge in [0.15, 0.2) is 0 Å². The zero-order valence-electron chi connectivity index (χ0n) is 13.3. The maximum atomic E-state index is 13.1. The van der Waals surface area contributed by atoms with Gasteiger partial charge in [0.1, 0.15) is 10.7 Å². The number of rotatable bonds is 1. The van der Waals surface area contributed by atoms with Crippen molar-refractivity contribution in [3.63, 3.8) is 0 Å². The Morgan fingerprint density at radius 2 is 1.88 bits per heavy atom. The maximum absolute atomic E-state index is 13.1. The highest BCUT2D eigenvalue weighted by atomic mass is 35.5. The smallest absolute Gasteiger partial charge is 0.308 e. The van der Waals surface area contributed by atoms with Crippen LogP contribution in [0.5, 0.6) is 0 Å². The Morgan fingerprint density at radius 1 is 1.08 bits per heavy atom. The molecule has 0 unspecified atom stereocenters. The van der Waals surface area contributed by atoms with E-state index in [0.717, 1.165) is 17.7 Å². The molecule has 0 bridgehead atoms. The quantitative estimate of drug-likeness (QED) is 0.491. The summed E-state index contributed by atoms with van der Waals surface area (Å²) in [5.41, 5.74) is 2.53. The summed E-state index contributed by atoms with van der Waals surface area (Å²) in [4.78, 5) is 10.3. The van der Waals surface area contributed by atoms with Crippen molar-refractivity contribution >= 4 is 40.1 Å². The van der Waals surface area contributed by atoms with Gasteiger partial charge in [0.25, 0.3) is 0 Å². The third kappa shape index (κ3) is 2.72. The van der Waals surface area contributed by atoms with Crippen molar-refractivity contribution in [2.24, 2.45) is 0 Å². The summed E-state index contributed by atoms with van der Waals surface area (Å²) in [7, 11) is 0. The summed E-state index contributed by atoms with van der Waals surface area (Å²) < 4.78 is 39.4. The van der Waals surface area contributed by atoms with Gasteiger partial charge in [-0.25, -0.2) is 4.98 Å². The van der Waals surface area contributed by atoms with E-state index >= 15 is 0 Å². The first-order chi connectivity index (χ1) is 12.3. The van der Waals surface area contributed by atoms with Crippen molar-refractivity contribution in [1.82, 2.24) is 9.97 Å². The molecular formula is C19H11ClF3N3. The molecule has 3 nitrogen and oxygen atoms in total. The second-order valence-electron chi connectivity index (χ2n) is 5.77. The van der Waals surface area contributed by atoms with Crippen LogP contribution in [0.3, 0.4) is 0 Å². The molecule has 0 fully saturated rings. The van der Waals surface area contributed by atoms with Crippen LogP contribution in [-0.2, 0) is 6.18 Å². The minimum Gasteiger partial charge on any atom is -0.308 e. The molecule has 3 heterocycles. The predicted octanol–water partition coefficient (Wildman–Crippen LogP) is 5.98. The molecule has 0 radical (unpaired) electrons. The number of pyridine rings is 2. The van der Waals surface area contributed by atoms with Crippen molar-refractivity contribution in [2.75, 3.05) is 4.90 Å². The largest absolute Gasteiger partial charge is 0.416 e. The van der Waals surface area contributed by atoms with E-state index < -0.39 is 11.7 Å². The molecule has 0 aliphatic carbocycles. The van der Waals surface area contributed by atoms with Gasteiger partial charge in [-0.3, -0.25) is 4.98 Å². The monoisotopic (exact) mass is 373 g/mol. The topological polar surface area (TPSA) is 29.0 Å². The number of benzene rings is 1. The third-order valence-electron chi connectivity index (χ3n) is 4.08. The van der Waals surface area contributed by atoms with Crippen LogP contribution < -0.4 is 4.90 Å². The molecule has 0 N–H and O–H groups in total. The summed E-state index contributed by atoms with van der Waals surface area (Å²) >= 11 is 6.03. The van der Waals surface area contributed by atoms with Crippen LogP contribution in [0.4, 0.5) is 24.5 Å². The fourth-order valence-electron chi connectivity index (χ4n) is 2.92. The van der Waals surface area contributed by atoms with Crippen LogP contribution in [0.15, 0.2) is 60.9 Å². The lowest BCUT2D eigenvalue weighted by molar-refractivity contribution is -0.137. The van der Waals surface area contributed by atoms with E-state index in [1.807, 2.05) is 0 Å². The minimum atomic E-state index is -4.44. The molecule has 0 atom stereocenters. The number of hydrogen-bond acceptors (Lipinski definition) is 3. The number of fused-ring (bicyclic) bond motifs is 3. The van der Waals surface area contributed by atoms with E-state index in [0.29, 0.717) is 28.1 Å². The van der Waals surface area contributed by atoms with Crippen molar-refractivity contribution in [2.45, 2.75) is 6.18 Å². The van der Waals surface area contributed by atoms with E-state index in [1.54, 1.807) is 41.4 Å². The lowest BCUT2D eigenvalue weighted by Gasteiger charge is -2.30. The van der Waals surface area contributed by atoms with Gasteiger partial charge in [-0.1, -0.05) is 24.2 Å². The zero-order valence-corrected chi connectivity index (χ0v) is 14.0. The van der Waals surface area contributed by atoms with Crippen LogP contribution in [0.2, 0.25) is 5.15 Å². The summed E-state index contributed by atoms with van der Waals surface area (Å²) in [6.45, 7) is 3.97. The molecule has 0 saturated carbocycles. The molecule has 1 aliphatic rings. The molecule has 130 valence electrons. The van der Waals surface area contributed by atoms with Gasteiger partial charge >= 0.3 is 6.18 Å². The van der Waals surface area contributed by atoms with E-state index in [4.69, 9.17) is 11.6 Å². The Bertz CT molecular complexity index is 1070. The number of allylic oxidation sites excluding steroid dienone is 1. The van der Waals surface area contributed by atoms with Gasteiger partial charge in [0.2, 0.25) is 0 Å². The molecule has 4 rings (SSSR count). The first-order valence-electron chi connectivity index (χ1n) is 7.64. The van der Waals surface area contributed by atoms with E-state index in [2.05, 4.69) is 16.5 Å². The van der Waals surface area contributed by atoms with Gasteiger partial charge in [-0.05, 0) is 42.5 Å². The number of anilines is 2. The molecule has 1 aliphatic heterocycles. The number of aromatic nitrogens is 2. The highest BCUT2D eigenvalue weighted by Crippen LogP contribution is 2.42. The first-order valence-corrected chi connectivity index (χ1v) is 8.02. The van der Waals surface area contributed by atoms with E-state index in [-0.39, 0.29) is 5.15 Å². The normalized spacial score (nSPS) is 14.0.